The molecule has 1 aromatic carbocycles. The molecule has 1 aliphatic rings. The van der Waals surface area contributed by atoms with Gasteiger partial charge in [-0.2, -0.15) is 10.1 Å². The van der Waals surface area contributed by atoms with E-state index in [1.807, 2.05) is 13.2 Å². The zero-order valence-electron chi connectivity index (χ0n) is 19.4. The Morgan fingerprint density at radius 2 is 1.54 bits per heavy atom. The van der Waals surface area contributed by atoms with Gasteiger partial charge in [0.05, 0.1) is 11.9 Å². The molecule has 12 heteroatoms. The Bertz CT molecular complexity index is 1280. The van der Waals surface area contributed by atoms with Crippen molar-refractivity contribution in [2.75, 3.05) is 41.3 Å². The lowest BCUT2D eigenvalue weighted by Gasteiger charge is -2.34. The first-order valence-corrected chi connectivity index (χ1v) is 11.1. The molecule has 0 aliphatic carbocycles. The van der Waals surface area contributed by atoms with Crippen molar-refractivity contribution in [3.63, 3.8) is 0 Å². The number of halogens is 1. The van der Waals surface area contributed by atoms with Crippen LogP contribution in [0.2, 0.25) is 0 Å². The molecule has 3 aromatic heterocycles. The molecule has 0 saturated carbocycles. The van der Waals surface area contributed by atoms with E-state index >= 15 is 0 Å². The molecule has 0 radical (unpaired) electrons. The first-order valence-electron chi connectivity index (χ1n) is 11.1. The van der Waals surface area contributed by atoms with Crippen LogP contribution >= 0.6 is 0 Å². The number of piperazine rings is 1. The van der Waals surface area contributed by atoms with Gasteiger partial charge in [-0.05, 0) is 24.6 Å². The number of anilines is 4. The van der Waals surface area contributed by atoms with Crippen LogP contribution in [0, 0.1) is 5.82 Å². The molecule has 0 amide bonds. The van der Waals surface area contributed by atoms with Crippen LogP contribution < -0.4 is 15.1 Å². The number of hydrogen-bond acceptors (Lipinski definition) is 10. The molecule has 1 fully saturated rings. The molecule has 1 unspecified atom stereocenters. The smallest absolute Gasteiger partial charge is 0.232 e. The van der Waals surface area contributed by atoms with Gasteiger partial charge in [-0.15, -0.1) is 0 Å². The molecule has 4 heterocycles. The van der Waals surface area contributed by atoms with Crippen LogP contribution in [0.15, 0.2) is 55.4 Å². The van der Waals surface area contributed by atoms with E-state index in [1.54, 1.807) is 42.3 Å². The third-order valence-corrected chi connectivity index (χ3v) is 5.97. The summed E-state index contributed by atoms with van der Waals surface area (Å²) in [5.41, 5.74) is 0.572. The van der Waals surface area contributed by atoms with Crippen LogP contribution in [-0.4, -0.2) is 66.0 Å². The number of rotatable bonds is 6. The van der Waals surface area contributed by atoms with Crippen molar-refractivity contribution in [1.29, 1.82) is 0 Å². The lowest BCUT2D eigenvalue weighted by molar-refractivity contribution is 0.101. The average Bonchev–Trinajstić information content (AvgIpc) is 3.29. The number of aliphatic hydroxyl groups is 1. The lowest BCUT2D eigenvalue weighted by atomic mass is 9.90. The Kier molecular flexibility index (Phi) is 5.95. The second kappa shape index (κ2) is 9.22. The molecule has 1 aliphatic heterocycles. The third-order valence-electron chi connectivity index (χ3n) is 5.97. The van der Waals surface area contributed by atoms with Gasteiger partial charge in [0.15, 0.2) is 0 Å². The van der Waals surface area contributed by atoms with E-state index in [1.165, 1.54) is 18.5 Å². The standard InChI is InChI=1S/C23H25FN10O/c1-23(35,16-3-5-18(24)6-4-16)17-11-25-21(26-12-17)33-7-9-34(10-8-33)22-28-15-27-20(31-22)30-19-13-29-32(2)14-19/h3-6,11-15,35H,7-10H2,1-2H3,(H,27,28,30,31). The van der Waals surface area contributed by atoms with Gasteiger partial charge < -0.3 is 20.2 Å². The van der Waals surface area contributed by atoms with Crippen LogP contribution in [0.1, 0.15) is 18.1 Å². The Labute approximate surface area is 201 Å². The minimum Gasteiger partial charge on any atom is -0.381 e. The summed E-state index contributed by atoms with van der Waals surface area (Å²) in [6, 6.07) is 5.76. The quantitative estimate of drug-likeness (QED) is 0.426. The van der Waals surface area contributed by atoms with E-state index in [0.29, 0.717) is 55.2 Å². The van der Waals surface area contributed by atoms with Crippen LogP contribution in [0.5, 0.6) is 0 Å². The van der Waals surface area contributed by atoms with E-state index < -0.39 is 5.60 Å². The second-order valence-electron chi connectivity index (χ2n) is 8.46. The number of nitrogens with one attached hydrogen (secondary N) is 1. The molecule has 0 spiro atoms. The predicted octanol–water partition coefficient (Wildman–Crippen LogP) is 1.86. The van der Waals surface area contributed by atoms with E-state index in [0.717, 1.165) is 5.69 Å². The number of aryl methyl sites for hydroxylation is 1. The molecule has 2 N–H and O–H groups in total. The van der Waals surface area contributed by atoms with E-state index in [4.69, 9.17) is 0 Å². The topological polar surface area (TPSA) is 121 Å². The molecule has 1 atom stereocenters. The zero-order valence-corrected chi connectivity index (χ0v) is 19.4. The van der Waals surface area contributed by atoms with Gasteiger partial charge in [0.1, 0.15) is 17.7 Å². The fourth-order valence-corrected chi connectivity index (χ4v) is 3.90. The van der Waals surface area contributed by atoms with Crippen molar-refractivity contribution >= 4 is 23.5 Å². The maximum Gasteiger partial charge on any atom is 0.232 e. The van der Waals surface area contributed by atoms with E-state index in [2.05, 4.69) is 45.1 Å². The normalized spacial score (nSPS) is 15.7. The van der Waals surface area contributed by atoms with Crippen molar-refractivity contribution in [1.82, 2.24) is 34.7 Å². The monoisotopic (exact) mass is 476 g/mol. The van der Waals surface area contributed by atoms with Crippen molar-refractivity contribution in [3.8, 4) is 0 Å². The van der Waals surface area contributed by atoms with Crippen LogP contribution in [0.4, 0.5) is 27.9 Å². The summed E-state index contributed by atoms with van der Waals surface area (Å²) >= 11 is 0. The summed E-state index contributed by atoms with van der Waals surface area (Å²) in [6.07, 6.45) is 8.25. The van der Waals surface area contributed by atoms with Gasteiger partial charge in [-0.3, -0.25) is 4.68 Å². The van der Waals surface area contributed by atoms with Crippen LogP contribution in [0.3, 0.4) is 0 Å². The van der Waals surface area contributed by atoms with Gasteiger partial charge in [0, 0.05) is 57.4 Å². The molecule has 4 aromatic rings. The molecular weight excluding hydrogens is 451 g/mol. The summed E-state index contributed by atoms with van der Waals surface area (Å²) in [7, 11) is 1.84. The highest BCUT2D eigenvalue weighted by Crippen LogP contribution is 2.29. The summed E-state index contributed by atoms with van der Waals surface area (Å²) in [5, 5.41) is 18.2. The summed E-state index contributed by atoms with van der Waals surface area (Å²) < 4.78 is 14.9. The Morgan fingerprint density at radius 3 is 2.17 bits per heavy atom. The maximum absolute atomic E-state index is 13.2. The fraction of sp³-hybridized carbons (Fsp3) is 0.304. The van der Waals surface area contributed by atoms with Crippen molar-refractivity contribution in [2.24, 2.45) is 7.05 Å². The largest absolute Gasteiger partial charge is 0.381 e. The van der Waals surface area contributed by atoms with Gasteiger partial charge >= 0.3 is 0 Å². The van der Waals surface area contributed by atoms with Crippen molar-refractivity contribution in [3.05, 3.63) is 72.3 Å². The minimum atomic E-state index is -1.33. The minimum absolute atomic E-state index is 0.353. The number of nitrogens with zero attached hydrogens (tertiary/aromatic N) is 9. The highest BCUT2D eigenvalue weighted by atomic mass is 19.1. The van der Waals surface area contributed by atoms with Crippen molar-refractivity contribution in [2.45, 2.75) is 12.5 Å². The SMILES string of the molecule is Cn1cc(Nc2ncnc(N3CCN(c4ncc(C(C)(O)c5ccc(F)cc5)cn4)CC3)n2)cn1. The summed E-state index contributed by atoms with van der Waals surface area (Å²) in [6.45, 7) is 4.39. The highest BCUT2D eigenvalue weighted by Gasteiger charge is 2.27. The van der Waals surface area contributed by atoms with Gasteiger partial charge in [0.2, 0.25) is 17.8 Å². The van der Waals surface area contributed by atoms with Gasteiger partial charge in [-0.25, -0.2) is 24.3 Å². The molecule has 0 bridgehead atoms. The van der Waals surface area contributed by atoms with Crippen molar-refractivity contribution < 1.29 is 9.50 Å². The zero-order chi connectivity index (χ0) is 24.4. The number of benzene rings is 1. The lowest BCUT2D eigenvalue weighted by Crippen LogP contribution is -2.47. The van der Waals surface area contributed by atoms with Crippen LogP contribution in [-0.2, 0) is 12.6 Å². The Morgan fingerprint density at radius 1 is 0.886 bits per heavy atom. The predicted molar refractivity (Wildman–Crippen MR) is 128 cm³/mol. The Hall–Kier alpha value is -4.19. The average molecular weight is 477 g/mol. The van der Waals surface area contributed by atoms with E-state index in [9.17, 15) is 9.50 Å². The summed E-state index contributed by atoms with van der Waals surface area (Å²) in [5.74, 6) is 1.28. The second-order valence-corrected chi connectivity index (χ2v) is 8.46. The molecule has 1 saturated heterocycles. The fourth-order valence-electron chi connectivity index (χ4n) is 3.90. The molecular formula is C23H25FN10O. The molecule has 5 rings (SSSR count). The van der Waals surface area contributed by atoms with E-state index in [-0.39, 0.29) is 5.82 Å². The number of aromatic nitrogens is 7. The Balaban J connectivity index is 1.22. The first kappa shape index (κ1) is 22.6. The third kappa shape index (κ3) is 4.87. The number of hydrogen-bond donors (Lipinski definition) is 2. The molecule has 35 heavy (non-hydrogen) atoms. The van der Waals surface area contributed by atoms with Gasteiger partial charge in [-0.1, -0.05) is 12.1 Å². The van der Waals surface area contributed by atoms with Gasteiger partial charge in [0.25, 0.3) is 0 Å². The molecule has 11 nitrogen and oxygen atoms in total. The first-order chi connectivity index (χ1) is 16.9. The maximum atomic E-state index is 13.2. The highest BCUT2D eigenvalue weighted by molar-refractivity contribution is 5.51. The summed E-state index contributed by atoms with van der Waals surface area (Å²) in [4.78, 5) is 26.1. The van der Waals surface area contributed by atoms with Crippen LogP contribution in [0.25, 0.3) is 0 Å². The molecule has 180 valence electrons.